The summed E-state index contributed by atoms with van der Waals surface area (Å²) < 4.78 is 0. The minimum atomic E-state index is 0.622. The van der Waals surface area contributed by atoms with Crippen LogP contribution < -0.4 is 5.32 Å². The first kappa shape index (κ1) is 17.6. The van der Waals surface area contributed by atoms with Gasteiger partial charge in [0.1, 0.15) is 0 Å². The predicted octanol–water partition coefficient (Wildman–Crippen LogP) is 2.95. The Morgan fingerprint density at radius 3 is 2.32 bits per heavy atom. The molecule has 1 spiro atoms. The number of nitrogens with one attached hydrogen (secondary N) is 1. The molecule has 0 bridgehead atoms. The molecular weight excluding hydrogens is 272 g/mol. The number of likely N-dealkylation sites (tertiary alicyclic amines) is 1. The normalized spacial score (nSPS) is 21.3. The highest BCUT2D eigenvalue weighted by Crippen LogP contribution is 2.47. The topological polar surface area (TPSA) is 30.9 Å². The molecule has 1 saturated heterocycles. The van der Waals surface area contributed by atoms with Crippen molar-refractivity contribution >= 4 is 5.96 Å². The summed E-state index contributed by atoms with van der Waals surface area (Å²) in [5.74, 6) is 1.12. The molecule has 128 valence electrons. The van der Waals surface area contributed by atoms with E-state index in [4.69, 9.17) is 0 Å². The molecule has 1 aliphatic heterocycles. The van der Waals surface area contributed by atoms with Crippen LogP contribution in [0.2, 0.25) is 0 Å². The van der Waals surface area contributed by atoms with Crippen molar-refractivity contribution in [1.82, 2.24) is 15.1 Å². The highest BCUT2D eigenvalue weighted by Gasteiger charge is 2.43. The van der Waals surface area contributed by atoms with Gasteiger partial charge in [-0.15, -0.1) is 0 Å². The molecule has 2 fully saturated rings. The van der Waals surface area contributed by atoms with Gasteiger partial charge in [-0.2, -0.15) is 0 Å². The Morgan fingerprint density at radius 2 is 1.86 bits per heavy atom. The number of hydrogen-bond acceptors (Lipinski definition) is 2. The molecule has 4 nitrogen and oxygen atoms in total. The maximum atomic E-state index is 4.50. The average Bonchev–Trinajstić information content (AvgIpc) is 2.87. The second kappa shape index (κ2) is 7.67. The Labute approximate surface area is 137 Å². The highest BCUT2D eigenvalue weighted by atomic mass is 15.3. The van der Waals surface area contributed by atoms with Crippen molar-refractivity contribution in [3.8, 4) is 0 Å². The molecule has 4 heteroatoms. The van der Waals surface area contributed by atoms with Crippen molar-refractivity contribution in [3.63, 3.8) is 0 Å². The lowest BCUT2D eigenvalue weighted by molar-refractivity contribution is 0.151. The van der Waals surface area contributed by atoms with Crippen molar-refractivity contribution in [3.05, 3.63) is 0 Å². The molecule has 0 amide bonds. The van der Waals surface area contributed by atoms with Gasteiger partial charge in [-0.05, 0) is 58.8 Å². The van der Waals surface area contributed by atoms with Gasteiger partial charge in [-0.1, -0.05) is 6.42 Å². The van der Waals surface area contributed by atoms with Crippen LogP contribution in [0.25, 0.3) is 0 Å². The first-order valence-electron chi connectivity index (χ1n) is 9.19. The van der Waals surface area contributed by atoms with Crippen molar-refractivity contribution in [2.24, 2.45) is 10.4 Å². The van der Waals surface area contributed by atoms with Gasteiger partial charge in [0.05, 0.1) is 0 Å². The molecule has 0 unspecified atom stereocenters. The number of guanidine groups is 1. The summed E-state index contributed by atoms with van der Waals surface area (Å²) in [5.41, 5.74) is 0.643. The fourth-order valence-corrected chi connectivity index (χ4v) is 4.11. The van der Waals surface area contributed by atoms with Crippen LogP contribution in [0.4, 0.5) is 0 Å². The van der Waals surface area contributed by atoms with Gasteiger partial charge in [0.25, 0.3) is 0 Å². The van der Waals surface area contributed by atoms with E-state index < -0.39 is 0 Å². The Kier molecular flexibility index (Phi) is 6.13. The van der Waals surface area contributed by atoms with Crippen LogP contribution in [0.1, 0.15) is 59.8 Å². The number of hydrogen-bond donors (Lipinski definition) is 1. The Hall–Kier alpha value is -0.770. The van der Waals surface area contributed by atoms with Crippen LogP contribution in [-0.2, 0) is 0 Å². The van der Waals surface area contributed by atoms with E-state index in [2.05, 4.69) is 47.8 Å². The molecule has 2 aliphatic rings. The summed E-state index contributed by atoms with van der Waals surface area (Å²) in [4.78, 5) is 9.53. The van der Waals surface area contributed by atoms with E-state index in [9.17, 15) is 0 Å². The summed E-state index contributed by atoms with van der Waals surface area (Å²) in [6, 6.07) is 1.24. The standard InChI is InChI=1S/C18H36N4/c1-15(2)22(16(3)4)12-7-11-20-17(19-5)21-13-10-18(14-21)8-6-9-18/h15-16H,6-14H2,1-5H3,(H,19,20). The van der Waals surface area contributed by atoms with Gasteiger partial charge in [-0.25, -0.2) is 0 Å². The van der Waals surface area contributed by atoms with Crippen LogP contribution in [0.5, 0.6) is 0 Å². The lowest BCUT2D eigenvalue weighted by atomic mass is 9.68. The van der Waals surface area contributed by atoms with E-state index in [1.807, 2.05) is 7.05 Å². The Bertz CT molecular complexity index is 363. The molecule has 1 heterocycles. The van der Waals surface area contributed by atoms with E-state index in [1.54, 1.807) is 0 Å². The quantitative estimate of drug-likeness (QED) is 0.465. The third-order valence-corrected chi connectivity index (χ3v) is 5.57. The van der Waals surface area contributed by atoms with Crippen LogP contribution >= 0.6 is 0 Å². The van der Waals surface area contributed by atoms with E-state index in [1.165, 1.54) is 45.2 Å². The molecule has 0 atom stereocenters. The van der Waals surface area contributed by atoms with Crippen LogP contribution in [0.15, 0.2) is 4.99 Å². The summed E-state index contributed by atoms with van der Waals surface area (Å²) in [6.45, 7) is 13.7. The monoisotopic (exact) mass is 308 g/mol. The van der Waals surface area contributed by atoms with E-state index >= 15 is 0 Å². The minimum Gasteiger partial charge on any atom is -0.356 e. The van der Waals surface area contributed by atoms with Crippen molar-refractivity contribution < 1.29 is 0 Å². The third-order valence-electron chi connectivity index (χ3n) is 5.57. The fraction of sp³-hybridized carbons (Fsp3) is 0.944. The Balaban J connectivity index is 1.71. The summed E-state index contributed by atoms with van der Waals surface area (Å²) in [5, 5.41) is 3.58. The van der Waals surface area contributed by atoms with Gasteiger partial charge in [0.15, 0.2) is 5.96 Å². The number of nitrogens with zero attached hydrogens (tertiary/aromatic N) is 3. The molecule has 1 N–H and O–H groups in total. The van der Waals surface area contributed by atoms with Crippen molar-refractivity contribution in [2.75, 3.05) is 33.2 Å². The third kappa shape index (κ3) is 4.15. The molecule has 0 aromatic carbocycles. The predicted molar refractivity (Wildman–Crippen MR) is 95.4 cm³/mol. The van der Waals surface area contributed by atoms with Gasteiger partial charge in [-0.3, -0.25) is 9.89 Å². The maximum absolute atomic E-state index is 4.50. The lowest BCUT2D eigenvalue weighted by Crippen LogP contribution is -2.44. The SMILES string of the molecule is CN=C(NCCCN(C(C)C)C(C)C)N1CCC2(CCC2)C1. The fourth-order valence-electron chi connectivity index (χ4n) is 4.11. The summed E-state index contributed by atoms with van der Waals surface area (Å²) in [6.07, 6.45) is 6.83. The molecule has 22 heavy (non-hydrogen) atoms. The summed E-state index contributed by atoms with van der Waals surface area (Å²) >= 11 is 0. The maximum Gasteiger partial charge on any atom is 0.193 e. The van der Waals surface area contributed by atoms with Crippen molar-refractivity contribution in [2.45, 2.75) is 71.9 Å². The number of aliphatic imine (C=N–C) groups is 1. The Morgan fingerprint density at radius 1 is 1.18 bits per heavy atom. The van der Waals surface area contributed by atoms with Crippen LogP contribution in [0.3, 0.4) is 0 Å². The number of rotatable bonds is 6. The molecule has 1 saturated carbocycles. The molecular formula is C18H36N4. The smallest absolute Gasteiger partial charge is 0.193 e. The molecule has 0 aromatic heterocycles. The van der Waals surface area contributed by atoms with Crippen LogP contribution in [-0.4, -0.2) is 61.1 Å². The van der Waals surface area contributed by atoms with Crippen LogP contribution in [0, 0.1) is 5.41 Å². The minimum absolute atomic E-state index is 0.622. The lowest BCUT2D eigenvalue weighted by Gasteiger charge is -2.38. The van der Waals surface area contributed by atoms with Gasteiger partial charge < -0.3 is 10.2 Å². The van der Waals surface area contributed by atoms with Gasteiger partial charge in [0.2, 0.25) is 0 Å². The van der Waals surface area contributed by atoms with Gasteiger partial charge >= 0.3 is 0 Å². The zero-order valence-electron chi connectivity index (χ0n) is 15.4. The highest BCUT2D eigenvalue weighted by molar-refractivity contribution is 5.80. The molecule has 0 radical (unpaired) electrons. The second-order valence-electron chi connectivity index (χ2n) is 7.78. The molecule has 2 rings (SSSR count). The zero-order valence-corrected chi connectivity index (χ0v) is 15.4. The summed E-state index contributed by atoms with van der Waals surface area (Å²) in [7, 11) is 1.92. The first-order chi connectivity index (χ1) is 10.5. The zero-order chi connectivity index (χ0) is 16.2. The van der Waals surface area contributed by atoms with E-state index in [0.717, 1.165) is 19.0 Å². The van der Waals surface area contributed by atoms with Crippen molar-refractivity contribution in [1.29, 1.82) is 0 Å². The second-order valence-corrected chi connectivity index (χ2v) is 7.78. The molecule has 0 aromatic rings. The first-order valence-corrected chi connectivity index (χ1v) is 9.19. The average molecular weight is 309 g/mol. The van der Waals surface area contributed by atoms with Gasteiger partial charge in [0, 0.05) is 45.3 Å². The van der Waals surface area contributed by atoms with E-state index in [-0.39, 0.29) is 0 Å². The largest absolute Gasteiger partial charge is 0.356 e. The molecule has 1 aliphatic carbocycles. The van der Waals surface area contributed by atoms with E-state index in [0.29, 0.717) is 17.5 Å².